The Bertz CT molecular complexity index is 968. The van der Waals surface area contributed by atoms with Crippen LogP contribution in [0.3, 0.4) is 0 Å². The van der Waals surface area contributed by atoms with E-state index in [0.717, 1.165) is 26.4 Å². The lowest BCUT2D eigenvalue weighted by atomic mass is 10.1. The summed E-state index contributed by atoms with van der Waals surface area (Å²) in [4.78, 5) is 15.7. The van der Waals surface area contributed by atoms with E-state index in [1.54, 1.807) is 6.07 Å². The van der Waals surface area contributed by atoms with E-state index in [9.17, 15) is 4.79 Å². The average molecular weight is 364 g/mol. The second kappa shape index (κ2) is 8.28. The predicted molar refractivity (Wildman–Crippen MR) is 102 cm³/mol. The van der Waals surface area contributed by atoms with Gasteiger partial charge in [0.1, 0.15) is 16.8 Å². The summed E-state index contributed by atoms with van der Waals surface area (Å²) in [5.74, 6) is -0.269. The number of hydrogen-bond donors (Lipinski definition) is 1. The van der Waals surface area contributed by atoms with E-state index in [0.29, 0.717) is 12.2 Å². The number of carboxylic acid groups (broad SMARTS) is 1. The summed E-state index contributed by atoms with van der Waals surface area (Å²) in [5, 5.41) is 18.6. The van der Waals surface area contributed by atoms with Crippen LogP contribution < -0.4 is 4.74 Å². The van der Waals surface area contributed by atoms with Crippen molar-refractivity contribution in [3.05, 3.63) is 59.1 Å². The van der Waals surface area contributed by atoms with E-state index in [4.69, 9.17) is 15.1 Å². The Morgan fingerprint density at radius 3 is 2.73 bits per heavy atom. The minimum absolute atomic E-state index is 0.0168. The molecule has 0 radical (unpaired) electrons. The van der Waals surface area contributed by atoms with Gasteiger partial charge in [0, 0.05) is 12.0 Å². The van der Waals surface area contributed by atoms with E-state index in [-0.39, 0.29) is 13.0 Å². The summed E-state index contributed by atoms with van der Waals surface area (Å²) in [6.45, 7) is -0.0452. The van der Waals surface area contributed by atoms with Gasteiger partial charge in [-0.15, -0.1) is 11.3 Å². The van der Waals surface area contributed by atoms with E-state index in [1.165, 1.54) is 11.3 Å². The van der Waals surface area contributed by atoms with Crippen molar-refractivity contribution in [1.29, 1.82) is 5.26 Å². The van der Waals surface area contributed by atoms with Gasteiger partial charge in [0.05, 0.1) is 10.2 Å². The number of carbonyl (C=O) groups is 1. The monoisotopic (exact) mass is 364 g/mol. The van der Waals surface area contributed by atoms with Gasteiger partial charge in [-0.1, -0.05) is 30.3 Å². The van der Waals surface area contributed by atoms with Crippen LogP contribution in [0, 0.1) is 11.3 Å². The van der Waals surface area contributed by atoms with Crippen LogP contribution in [0.5, 0.6) is 5.75 Å². The SMILES string of the molecule is N#CCOc1ccccc1C=C(CCC(=O)O)c1nc2ccccc2s1. The second-order valence-corrected chi connectivity index (χ2v) is 6.57. The Labute approximate surface area is 154 Å². The third-order valence-electron chi connectivity index (χ3n) is 3.72. The minimum Gasteiger partial charge on any atom is -0.481 e. The molecule has 0 aliphatic heterocycles. The van der Waals surface area contributed by atoms with Gasteiger partial charge in [-0.25, -0.2) is 4.98 Å². The summed E-state index contributed by atoms with van der Waals surface area (Å²) < 4.78 is 6.52. The van der Waals surface area contributed by atoms with Crippen LogP contribution in [-0.2, 0) is 4.79 Å². The lowest BCUT2D eigenvalue weighted by Crippen LogP contribution is -1.97. The zero-order chi connectivity index (χ0) is 18.4. The number of hydrogen-bond acceptors (Lipinski definition) is 5. The van der Waals surface area contributed by atoms with Gasteiger partial charge in [0.2, 0.25) is 0 Å². The third-order valence-corrected chi connectivity index (χ3v) is 4.83. The maximum absolute atomic E-state index is 11.1. The normalized spacial score (nSPS) is 11.3. The first-order valence-corrected chi connectivity index (χ1v) is 8.86. The number of rotatable bonds is 7. The van der Waals surface area contributed by atoms with Crippen molar-refractivity contribution >= 4 is 39.2 Å². The number of fused-ring (bicyclic) bond motifs is 1. The highest BCUT2D eigenvalue weighted by atomic mass is 32.1. The number of para-hydroxylation sites is 2. The summed E-state index contributed by atoms with van der Waals surface area (Å²) in [6, 6.07) is 17.1. The van der Waals surface area contributed by atoms with E-state index < -0.39 is 5.97 Å². The predicted octanol–water partition coefficient (Wildman–Crippen LogP) is 4.60. The first-order chi connectivity index (χ1) is 12.7. The smallest absolute Gasteiger partial charge is 0.303 e. The van der Waals surface area contributed by atoms with Gasteiger partial charge in [-0.05, 0) is 36.3 Å². The number of thiazole rings is 1. The second-order valence-electron chi connectivity index (χ2n) is 5.53. The molecule has 0 bridgehead atoms. The Hall–Kier alpha value is -3.17. The van der Waals surface area contributed by atoms with E-state index >= 15 is 0 Å². The number of carboxylic acids is 1. The molecule has 1 heterocycles. The van der Waals surface area contributed by atoms with Crippen LogP contribution in [0.4, 0.5) is 0 Å². The van der Waals surface area contributed by atoms with Gasteiger partial charge in [0.15, 0.2) is 6.61 Å². The van der Waals surface area contributed by atoms with Crippen molar-refractivity contribution in [2.45, 2.75) is 12.8 Å². The molecule has 1 aromatic heterocycles. The van der Waals surface area contributed by atoms with Crippen molar-refractivity contribution in [2.24, 2.45) is 0 Å². The van der Waals surface area contributed by atoms with E-state index in [2.05, 4.69) is 4.98 Å². The van der Waals surface area contributed by atoms with Gasteiger partial charge in [-0.2, -0.15) is 5.26 Å². The molecule has 0 saturated carbocycles. The quantitative estimate of drug-likeness (QED) is 0.662. The van der Waals surface area contributed by atoms with Crippen molar-refractivity contribution in [3.63, 3.8) is 0 Å². The molecule has 0 amide bonds. The molecule has 1 N–H and O–H groups in total. The molecule has 3 rings (SSSR count). The Morgan fingerprint density at radius 2 is 1.96 bits per heavy atom. The van der Waals surface area contributed by atoms with Crippen molar-refractivity contribution in [3.8, 4) is 11.8 Å². The van der Waals surface area contributed by atoms with Crippen LogP contribution in [0.1, 0.15) is 23.4 Å². The van der Waals surface area contributed by atoms with Gasteiger partial charge >= 0.3 is 5.97 Å². The number of nitriles is 1. The highest BCUT2D eigenvalue weighted by molar-refractivity contribution is 7.19. The third kappa shape index (κ3) is 4.26. The van der Waals surface area contributed by atoms with Crippen LogP contribution in [0.15, 0.2) is 48.5 Å². The van der Waals surface area contributed by atoms with Crippen LogP contribution >= 0.6 is 11.3 Å². The maximum Gasteiger partial charge on any atom is 0.303 e. The van der Waals surface area contributed by atoms with Crippen molar-refractivity contribution in [2.75, 3.05) is 6.61 Å². The fraction of sp³-hybridized carbons (Fsp3) is 0.150. The van der Waals surface area contributed by atoms with Crippen LogP contribution in [-0.4, -0.2) is 22.7 Å². The van der Waals surface area contributed by atoms with Crippen LogP contribution in [0.2, 0.25) is 0 Å². The summed E-state index contributed by atoms with van der Waals surface area (Å²) in [6.07, 6.45) is 2.28. The molecular weight excluding hydrogens is 348 g/mol. The Balaban J connectivity index is 2.02. The number of benzene rings is 2. The Morgan fingerprint density at radius 1 is 1.19 bits per heavy atom. The molecule has 0 spiro atoms. The molecule has 130 valence electrons. The molecule has 0 fully saturated rings. The standard InChI is InChI=1S/C20H16N2O3S/c21-11-12-25-17-7-3-1-5-14(17)13-15(9-10-19(23)24)20-22-16-6-2-4-8-18(16)26-20/h1-8,13H,9-10,12H2,(H,23,24). The first-order valence-electron chi connectivity index (χ1n) is 8.04. The highest BCUT2D eigenvalue weighted by Gasteiger charge is 2.12. The molecule has 0 unspecified atom stereocenters. The minimum atomic E-state index is -0.856. The fourth-order valence-electron chi connectivity index (χ4n) is 2.52. The van der Waals surface area contributed by atoms with Crippen molar-refractivity contribution < 1.29 is 14.6 Å². The topological polar surface area (TPSA) is 83.2 Å². The number of ether oxygens (including phenoxy) is 1. The number of allylic oxidation sites excluding steroid dienone is 1. The van der Waals surface area contributed by atoms with Gasteiger partial charge in [0.25, 0.3) is 0 Å². The molecule has 6 heteroatoms. The summed E-state index contributed by atoms with van der Waals surface area (Å²) in [5.41, 5.74) is 2.52. The largest absolute Gasteiger partial charge is 0.481 e. The zero-order valence-electron chi connectivity index (χ0n) is 13.9. The summed E-state index contributed by atoms with van der Waals surface area (Å²) >= 11 is 1.53. The molecule has 2 aromatic carbocycles. The lowest BCUT2D eigenvalue weighted by molar-refractivity contribution is -0.136. The van der Waals surface area contributed by atoms with E-state index in [1.807, 2.05) is 54.6 Å². The molecule has 26 heavy (non-hydrogen) atoms. The molecule has 0 saturated heterocycles. The first kappa shape index (κ1) is 17.6. The molecule has 5 nitrogen and oxygen atoms in total. The molecule has 0 atom stereocenters. The zero-order valence-corrected chi connectivity index (χ0v) is 14.7. The molecule has 0 aliphatic carbocycles. The Kier molecular flexibility index (Phi) is 5.62. The maximum atomic E-state index is 11.1. The number of aromatic nitrogens is 1. The number of aliphatic carboxylic acids is 1. The highest BCUT2D eigenvalue weighted by Crippen LogP contribution is 2.32. The molecule has 0 aliphatic rings. The molecule has 3 aromatic rings. The van der Waals surface area contributed by atoms with Gasteiger partial charge in [-0.3, -0.25) is 4.79 Å². The summed E-state index contributed by atoms with van der Waals surface area (Å²) in [7, 11) is 0. The van der Waals surface area contributed by atoms with Crippen LogP contribution in [0.25, 0.3) is 21.9 Å². The lowest BCUT2D eigenvalue weighted by Gasteiger charge is -2.08. The number of nitrogens with zero attached hydrogens (tertiary/aromatic N) is 2. The van der Waals surface area contributed by atoms with Gasteiger partial charge < -0.3 is 9.84 Å². The fourth-order valence-corrected chi connectivity index (χ4v) is 3.53. The average Bonchev–Trinajstić information content (AvgIpc) is 3.08. The molecular formula is C20H16N2O3S. The van der Waals surface area contributed by atoms with Crippen molar-refractivity contribution in [1.82, 2.24) is 4.98 Å².